The van der Waals surface area contributed by atoms with Crippen molar-refractivity contribution in [2.45, 2.75) is 33.1 Å². The first-order valence-electron chi connectivity index (χ1n) is 5.38. The van der Waals surface area contributed by atoms with Gasteiger partial charge in [0.2, 0.25) is 0 Å². The highest BCUT2D eigenvalue weighted by Crippen LogP contribution is 2.03. The van der Waals surface area contributed by atoms with Crippen LogP contribution in [0.15, 0.2) is 6.08 Å². The summed E-state index contributed by atoms with van der Waals surface area (Å²) in [6.07, 6.45) is 12.5. The molecule has 1 N–H and O–H groups in total. The lowest BCUT2D eigenvalue weighted by Gasteiger charge is -1.93. The van der Waals surface area contributed by atoms with E-state index < -0.39 is 0 Å². The lowest BCUT2D eigenvalue weighted by Crippen LogP contribution is -2.25. The van der Waals surface area contributed by atoms with Crippen LogP contribution in [0, 0.1) is 6.92 Å². The normalized spacial score (nSPS) is 15.0. The van der Waals surface area contributed by atoms with Crippen LogP contribution in [0.2, 0.25) is 0 Å². The van der Waals surface area contributed by atoms with E-state index in [9.17, 15) is 0 Å². The number of fused-ring (bicyclic) bond motifs is 1. The predicted octanol–water partition coefficient (Wildman–Crippen LogP) is 2.10. The molecular weight excluding hydrogens is 170 g/mol. The molecular formula is C13H17N. The van der Waals surface area contributed by atoms with Crippen LogP contribution in [-0.2, 0) is 0 Å². The Kier molecular flexibility index (Phi) is 2.58. The minimum absolute atomic E-state index is 1.09. The maximum atomic E-state index is 3.46. The maximum absolute atomic E-state index is 3.46. The quantitative estimate of drug-likeness (QED) is 0.730. The van der Waals surface area contributed by atoms with Crippen molar-refractivity contribution in [3.8, 4) is 0 Å². The van der Waals surface area contributed by atoms with E-state index in [1.807, 2.05) is 0 Å². The molecule has 0 radical (unpaired) electrons. The summed E-state index contributed by atoms with van der Waals surface area (Å²) in [6, 6.07) is 0. The van der Waals surface area contributed by atoms with Gasteiger partial charge < -0.3 is 4.98 Å². The lowest BCUT2D eigenvalue weighted by molar-refractivity contribution is 1.10. The van der Waals surface area contributed by atoms with Crippen LogP contribution in [0.3, 0.4) is 0 Å². The van der Waals surface area contributed by atoms with Crippen molar-refractivity contribution in [2.24, 2.45) is 0 Å². The summed E-state index contributed by atoms with van der Waals surface area (Å²) in [4.78, 5) is 3.46. The van der Waals surface area contributed by atoms with Crippen LogP contribution < -0.4 is 10.6 Å². The van der Waals surface area contributed by atoms with E-state index in [1.54, 1.807) is 0 Å². The highest BCUT2D eigenvalue weighted by atomic mass is 14.7. The molecule has 1 aliphatic carbocycles. The number of rotatable bonds is 2. The first-order valence-corrected chi connectivity index (χ1v) is 5.38. The van der Waals surface area contributed by atoms with Gasteiger partial charge >= 0.3 is 0 Å². The molecule has 0 aliphatic heterocycles. The summed E-state index contributed by atoms with van der Waals surface area (Å²) in [6.45, 7) is 4.35. The Morgan fingerprint density at radius 1 is 1.36 bits per heavy atom. The Balaban J connectivity index is 2.56. The van der Waals surface area contributed by atoms with Gasteiger partial charge in [-0.2, -0.15) is 0 Å². The second-order valence-electron chi connectivity index (χ2n) is 3.79. The van der Waals surface area contributed by atoms with Gasteiger partial charge in [0, 0.05) is 11.0 Å². The molecule has 0 spiro atoms. The molecule has 74 valence electrons. The summed E-state index contributed by atoms with van der Waals surface area (Å²) >= 11 is 0. The minimum atomic E-state index is 1.09. The van der Waals surface area contributed by atoms with Crippen molar-refractivity contribution in [3.05, 3.63) is 27.9 Å². The lowest BCUT2D eigenvalue weighted by atomic mass is 10.1. The number of aromatic nitrogens is 1. The summed E-state index contributed by atoms with van der Waals surface area (Å²) < 4.78 is 0. The zero-order valence-electron chi connectivity index (χ0n) is 8.93. The molecule has 1 aliphatic rings. The number of allylic oxidation sites excluding steroid dienone is 1. The van der Waals surface area contributed by atoms with E-state index in [2.05, 4.69) is 43.1 Å². The Morgan fingerprint density at radius 2 is 2.14 bits per heavy atom. The number of nitrogens with one attached hydrogen (secondary N) is 1. The number of hydrogen-bond donors (Lipinski definition) is 1. The second-order valence-corrected chi connectivity index (χ2v) is 3.79. The molecule has 0 unspecified atom stereocenters. The number of H-pyrrole nitrogens is 1. The van der Waals surface area contributed by atoms with E-state index in [1.165, 1.54) is 34.7 Å². The molecule has 0 atom stereocenters. The number of aromatic amines is 1. The summed E-state index contributed by atoms with van der Waals surface area (Å²) in [5, 5.41) is 2.72. The van der Waals surface area contributed by atoms with Gasteiger partial charge in [-0.05, 0) is 43.0 Å². The molecule has 14 heavy (non-hydrogen) atoms. The van der Waals surface area contributed by atoms with Crippen LogP contribution >= 0.6 is 0 Å². The molecule has 0 saturated carbocycles. The smallest absolute Gasteiger partial charge is 0.0417 e. The van der Waals surface area contributed by atoms with Crippen molar-refractivity contribution in [3.63, 3.8) is 0 Å². The van der Waals surface area contributed by atoms with E-state index >= 15 is 0 Å². The fourth-order valence-corrected chi connectivity index (χ4v) is 1.94. The SMILES string of the molecule is CC/C=C\c1[nH]c2c(c1C)=CCCC=2. The zero-order chi connectivity index (χ0) is 9.97. The summed E-state index contributed by atoms with van der Waals surface area (Å²) in [7, 11) is 0. The van der Waals surface area contributed by atoms with Gasteiger partial charge in [-0.25, -0.2) is 0 Å². The van der Waals surface area contributed by atoms with E-state index in [-0.39, 0.29) is 0 Å². The topological polar surface area (TPSA) is 15.8 Å². The maximum Gasteiger partial charge on any atom is 0.0417 e. The first-order chi connectivity index (χ1) is 6.83. The predicted molar refractivity (Wildman–Crippen MR) is 62.3 cm³/mol. The molecule has 0 saturated heterocycles. The monoisotopic (exact) mass is 187 g/mol. The molecule has 1 heteroatoms. The van der Waals surface area contributed by atoms with Gasteiger partial charge in [0.15, 0.2) is 0 Å². The molecule has 2 rings (SSSR count). The molecule has 0 bridgehead atoms. The second kappa shape index (κ2) is 3.87. The highest BCUT2D eigenvalue weighted by molar-refractivity contribution is 5.53. The Labute approximate surface area is 84.9 Å². The van der Waals surface area contributed by atoms with Crippen molar-refractivity contribution >= 4 is 18.2 Å². The standard InChI is InChI=1S/C13H17N/c1-3-4-8-12-10(2)11-7-5-6-9-13(11)14-12/h4,7-9,14H,3,5-6H2,1-2H3/b8-4-. The van der Waals surface area contributed by atoms with Crippen LogP contribution in [0.4, 0.5) is 0 Å². The van der Waals surface area contributed by atoms with E-state index in [0.29, 0.717) is 0 Å². The van der Waals surface area contributed by atoms with Gasteiger partial charge in [-0.15, -0.1) is 0 Å². The van der Waals surface area contributed by atoms with Crippen molar-refractivity contribution in [1.29, 1.82) is 0 Å². The number of hydrogen-bond acceptors (Lipinski definition) is 0. The third-order valence-corrected chi connectivity index (χ3v) is 2.75. The molecule has 1 aromatic heterocycles. The fourth-order valence-electron chi connectivity index (χ4n) is 1.94. The van der Waals surface area contributed by atoms with Crippen LogP contribution in [0.5, 0.6) is 0 Å². The van der Waals surface area contributed by atoms with Crippen LogP contribution in [-0.4, -0.2) is 4.98 Å². The van der Waals surface area contributed by atoms with E-state index in [4.69, 9.17) is 0 Å². The molecule has 1 nitrogen and oxygen atoms in total. The molecule has 0 aromatic carbocycles. The van der Waals surface area contributed by atoms with Crippen LogP contribution in [0.25, 0.3) is 18.2 Å². The van der Waals surface area contributed by atoms with Gasteiger partial charge in [-0.3, -0.25) is 0 Å². The summed E-state index contributed by atoms with van der Waals surface area (Å²) in [5.74, 6) is 0. The van der Waals surface area contributed by atoms with Gasteiger partial charge in [0.05, 0.1) is 0 Å². The third-order valence-electron chi connectivity index (χ3n) is 2.75. The van der Waals surface area contributed by atoms with Crippen molar-refractivity contribution in [1.82, 2.24) is 4.98 Å². The van der Waals surface area contributed by atoms with Gasteiger partial charge in [0.1, 0.15) is 0 Å². The molecule has 0 fully saturated rings. The third kappa shape index (κ3) is 1.54. The largest absolute Gasteiger partial charge is 0.355 e. The first kappa shape index (κ1) is 9.32. The van der Waals surface area contributed by atoms with Gasteiger partial charge in [-0.1, -0.05) is 25.2 Å². The summed E-state index contributed by atoms with van der Waals surface area (Å²) in [5.41, 5.74) is 2.66. The fraction of sp³-hybridized carbons (Fsp3) is 0.385. The van der Waals surface area contributed by atoms with Crippen molar-refractivity contribution < 1.29 is 0 Å². The average molecular weight is 187 g/mol. The molecule has 1 heterocycles. The molecule has 0 amide bonds. The molecule has 1 aromatic rings. The Hall–Kier alpha value is -1.24. The Bertz CT molecular complexity index is 460. The highest BCUT2D eigenvalue weighted by Gasteiger charge is 2.02. The zero-order valence-corrected chi connectivity index (χ0v) is 8.93. The van der Waals surface area contributed by atoms with Crippen LogP contribution in [0.1, 0.15) is 37.4 Å². The Morgan fingerprint density at radius 3 is 2.86 bits per heavy atom. The van der Waals surface area contributed by atoms with E-state index in [0.717, 1.165) is 6.42 Å². The van der Waals surface area contributed by atoms with Gasteiger partial charge in [0.25, 0.3) is 0 Å². The van der Waals surface area contributed by atoms with Crippen molar-refractivity contribution in [2.75, 3.05) is 0 Å². The average Bonchev–Trinajstić information content (AvgIpc) is 2.54. The minimum Gasteiger partial charge on any atom is -0.355 e.